The molecule has 0 atom stereocenters. The number of ether oxygens (including phenoxy) is 2. The van der Waals surface area contributed by atoms with E-state index in [0.29, 0.717) is 22.6 Å². The standard InChI is InChI=1S/C26H34O8S2/c1-35(2,3)13-11-33-25(31)20-10-8-17(15-21(20)24(29)30)18-7-9-19(23(27)28)22(16-18)26(32)34-12-14-36(4,5)6/h7-10,15-16H,11-14H2,1-6H3,(H,27,28)(H,29,30). The molecule has 8 nitrogen and oxygen atoms in total. The fraction of sp³-hybridized carbons (Fsp3) is 0.385. The average Bonchev–Trinajstić information content (AvgIpc) is 2.76. The molecule has 0 aliphatic rings. The Labute approximate surface area is 214 Å². The van der Waals surface area contributed by atoms with E-state index in [1.807, 2.05) is 0 Å². The van der Waals surface area contributed by atoms with Gasteiger partial charge in [0, 0.05) is 11.5 Å². The van der Waals surface area contributed by atoms with Gasteiger partial charge in [0.2, 0.25) is 0 Å². The fourth-order valence-corrected chi connectivity index (χ4v) is 4.25. The minimum Gasteiger partial charge on any atom is -0.478 e. The number of aromatic carboxylic acids is 2. The van der Waals surface area contributed by atoms with Crippen LogP contribution in [0.15, 0.2) is 36.4 Å². The summed E-state index contributed by atoms with van der Waals surface area (Å²) in [6, 6.07) is 8.32. The van der Waals surface area contributed by atoms with Crippen molar-refractivity contribution >= 4 is 43.9 Å². The smallest absolute Gasteiger partial charge is 0.339 e. The molecule has 0 saturated carbocycles. The largest absolute Gasteiger partial charge is 0.478 e. The molecule has 0 unspecified atom stereocenters. The first-order chi connectivity index (χ1) is 16.6. The van der Waals surface area contributed by atoms with E-state index >= 15 is 0 Å². The van der Waals surface area contributed by atoms with Crippen molar-refractivity contribution < 1.29 is 38.9 Å². The van der Waals surface area contributed by atoms with Gasteiger partial charge >= 0.3 is 23.9 Å². The second kappa shape index (κ2) is 11.8. The number of rotatable bonds is 11. The second-order valence-corrected chi connectivity index (χ2v) is 19.2. The Morgan fingerprint density at radius 2 is 1.00 bits per heavy atom. The Kier molecular flexibility index (Phi) is 9.62. The first kappa shape index (κ1) is 29.3. The maximum absolute atomic E-state index is 12.7. The third-order valence-electron chi connectivity index (χ3n) is 5.13. The van der Waals surface area contributed by atoms with Crippen LogP contribution in [0, 0.1) is 0 Å². The highest BCUT2D eigenvalue weighted by molar-refractivity contribution is 8.32. The number of benzene rings is 2. The summed E-state index contributed by atoms with van der Waals surface area (Å²) in [6.07, 6.45) is 12.5. The first-order valence-electron chi connectivity index (χ1n) is 11.0. The van der Waals surface area contributed by atoms with Crippen molar-refractivity contribution in [1.29, 1.82) is 0 Å². The van der Waals surface area contributed by atoms with E-state index in [1.165, 1.54) is 36.4 Å². The summed E-state index contributed by atoms with van der Waals surface area (Å²) in [7, 11) is -1.78. The van der Waals surface area contributed by atoms with Crippen LogP contribution in [0.25, 0.3) is 11.1 Å². The molecule has 0 aliphatic heterocycles. The molecule has 36 heavy (non-hydrogen) atoms. The van der Waals surface area contributed by atoms with E-state index < -0.39 is 43.9 Å². The lowest BCUT2D eigenvalue weighted by Gasteiger charge is -2.24. The highest BCUT2D eigenvalue weighted by Crippen LogP contribution is 2.34. The van der Waals surface area contributed by atoms with Crippen LogP contribution in [0.2, 0.25) is 0 Å². The summed E-state index contributed by atoms with van der Waals surface area (Å²) in [4.78, 5) is 48.8. The van der Waals surface area contributed by atoms with Gasteiger partial charge in [-0.25, -0.2) is 39.2 Å². The van der Waals surface area contributed by atoms with E-state index in [2.05, 4.69) is 37.5 Å². The third kappa shape index (κ3) is 8.60. The highest BCUT2D eigenvalue weighted by Gasteiger charge is 2.22. The Hall–Kier alpha value is -2.98. The molecule has 0 heterocycles. The highest BCUT2D eigenvalue weighted by atomic mass is 32.3. The van der Waals surface area contributed by atoms with Gasteiger partial charge in [-0.2, -0.15) is 0 Å². The topological polar surface area (TPSA) is 127 Å². The molecule has 0 radical (unpaired) electrons. The summed E-state index contributed by atoms with van der Waals surface area (Å²) < 4.78 is 10.6. The van der Waals surface area contributed by atoms with E-state index in [1.54, 1.807) is 0 Å². The number of carboxylic acids is 2. The van der Waals surface area contributed by atoms with Crippen molar-refractivity contribution in [3.05, 3.63) is 58.7 Å². The van der Waals surface area contributed by atoms with Gasteiger partial charge < -0.3 is 19.7 Å². The molecule has 0 aromatic heterocycles. The number of esters is 2. The molecular formula is C26H34O8S2. The van der Waals surface area contributed by atoms with Crippen molar-refractivity contribution in [2.75, 3.05) is 62.3 Å². The SMILES string of the molecule is CS(C)(C)CCOC(=O)c1ccc(-c2ccc(C(=O)O)c(C(=O)OCCS(C)(C)C)c2)cc1C(=O)O. The van der Waals surface area contributed by atoms with Crippen molar-refractivity contribution in [1.82, 2.24) is 0 Å². The Balaban J connectivity index is 2.38. The summed E-state index contributed by atoms with van der Waals surface area (Å²) in [5, 5.41) is 19.2. The van der Waals surface area contributed by atoms with Gasteiger partial charge in [0.15, 0.2) is 0 Å². The normalized spacial score (nSPS) is 12.5. The predicted octanol–water partition coefficient (Wildman–Crippen LogP) is 4.45. The summed E-state index contributed by atoms with van der Waals surface area (Å²) in [5.74, 6) is -2.71. The van der Waals surface area contributed by atoms with E-state index in [4.69, 9.17) is 9.47 Å². The lowest BCUT2D eigenvalue weighted by atomic mass is 9.96. The van der Waals surface area contributed by atoms with E-state index in [-0.39, 0.29) is 35.5 Å². The van der Waals surface area contributed by atoms with Gasteiger partial charge in [-0.1, -0.05) is 12.1 Å². The number of hydrogen-bond donors (Lipinski definition) is 2. The zero-order valence-electron chi connectivity index (χ0n) is 21.5. The van der Waals surface area contributed by atoms with Crippen molar-refractivity contribution in [3.8, 4) is 11.1 Å². The number of hydrogen-bond acceptors (Lipinski definition) is 6. The van der Waals surface area contributed by atoms with Gasteiger partial charge in [-0.05, 0) is 72.9 Å². The molecule has 198 valence electrons. The van der Waals surface area contributed by atoms with Crippen molar-refractivity contribution in [3.63, 3.8) is 0 Å². The molecule has 2 aromatic rings. The molecule has 0 spiro atoms. The van der Waals surface area contributed by atoms with Crippen molar-refractivity contribution in [2.45, 2.75) is 0 Å². The lowest BCUT2D eigenvalue weighted by Crippen LogP contribution is -2.16. The Morgan fingerprint density at radius 3 is 1.42 bits per heavy atom. The molecule has 2 aromatic carbocycles. The zero-order valence-corrected chi connectivity index (χ0v) is 23.1. The average molecular weight is 539 g/mol. The number of carbonyl (C=O) groups excluding carboxylic acids is 2. The van der Waals surface area contributed by atoms with Crippen LogP contribution in [0.4, 0.5) is 0 Å². The van der Waals surface area contributed by atoms with Crippen LogP contribution in [-0.2, 0) is 9.47 Å². The summed E-state index contributed by atoms with van der Waals surface area (Å²) in [5.41, 5.74) is 0.127. The second-order valence-electron chi connectivity index (χ2n) is 9.99. The van der Waals surface area contributed by atoms with E-state index in [0.717, 1.165) is 0 Å². The predicted molar refractivity (Wildman–Crippen MR) is 147 cm³/mol. The molecule has 0 bridgehead atoms. The van der Waals surface area contributed by atoms with Gasteiger partial charge in [-0.3, -0.25) is 0 Å². The minimum absolute atomic E-state index is 0.0818. The fourth-order valence-electron chi connectivity index (χ4n) is 3.08. The molecule has 10 heteroatoms. The van der Waals surface area contributed by atoms with Crippen LogP contribution >= 0.6 is 20.1 Å². The summed E-state index contributed by atoms with van der Waals surface area (Å²) in [6.45, 7) is 0.356. The monoisotopic (exact) mass is 538 g/mol. The molecule has 2 N–H and O–H groups in total. The van der Waals surface area contributed by atoms with Crippen LogP contribution in [0.3, 0.4) is 0 Å². The maximum atomic E-state index is 12.7. The quantitative estimate of drug-likeness (QED) is 0.402. The van der Waals surface area contributed by atoms with Gasteiger partial charge in [0.25, 0.3) is 0 Å². The molecule has 0 aliphatic carbocycles. The zero-order chi connectivity index (χ0) is 27.3. The first-order valence-corrected chi connectivity index (χ1v) is 17.1. The third-order valence-corrected chi connectivity index (χ3v) is 7.91. The van der Waals surface area contributed by atoms with Crippen LogP contribution in [-0.4, -0.2) is 96.3 Å². The minimum atomic E-state index is -1.31. The number of carboxylic acid groups (broad SMARTS) is 2. The van der Waals surface area contributed by atoms with Gasteiger partial charge in [0.05, 0.1) is 35.5 Å². The molecule has 0 amide bonds. The maximum Gasteiger partial charge on any atom is 0.339 e. The lowest BCUT2D eigenvalue weighted by molar-refractivity contribution is 0.0513. The van der Waals surface area contributed by atoms with Crippen LogP contribution in [0.5, 0.6) is 0 Å². The Morgan fingerprint density at radius 1 is 0.611 bits per heavy atom. The molecular weight excluding hydrogens is 504 g/mol. The van der Waals surface area contributed by atoms with Crippen molar-refractivity contribution in [2.24, 2.45) is 0 Å². The van der Waals surface area contributed by atoms with Crippen LogP contribution in [0.1, 0.15) is 41.4 Å². The van der Waals surface area contributed by atoms with Crippen LogP contribution < -0.4 is 0 Å². The Bertz CT molecular complexity index is 1160. The number of carbonyl (C=O) groups is 4. The van der Waals surface area contributed by atoms with E-state index in [9.17, 15) is 29.4 Å². The molecule has 0 saturated heterocycles. The molecule has 2 rings (SSSR count). The van der Waals surface area contributed by atoms with Gasteiger partial charge in [0.1, 0.15) is 0 Å². The summed E-state index contributed by atoms with van der Waals surface area (Å²) >= 11 is 0. The molecule has 0 fully saturated rings. The van der Waals surface area contributed by atoms with Gasteiger partial charge in [-0.15, -0.1) is 0 Å².